The molecule has 2 aromatic carbocycles. The molecule has 0 aliphatic carbocycles. The van der Waals surface area contributed by atoms with Crippen LogP contribution in [0.2, 0.25) is 10.0 Å². The zero-order valence-electron chi connectivity index (χ0n) is 18.5. The number of hydrogen-bond acceptors (Lipinski definition) is 5. The quantitative estimate of drug-likeness (QED) is 0.387. The summed E-state index contributed by atoms with van der Waals surface area (Å²) < 4.78 is 16.6. The van der Waals surface area contributed by atoms with Gasteiger partial charge in [0.15, 0.2) is 5.75 Å². The maximum atomic E-state index is 12.5. The summed E-state index contributed by atoms with van der Waals surface area (Å²) >= 11 is 12.4. The van der Waals surface area contributed by atoms with Crippen LogP contribution in [0.5, 0.6) is 11.5 Å². The molecular weight excluding hydrogens is 449 g/mol. The van der Waals surface area contributed by atoms with Crippen molar-refractivity contribution >= 4 is 34.7 Å². The van der Waals surface area contributed by atoms with Crippen molar-refractivity contribution in [2.24, 2.45) is 0 Å². The summed E-state index contributed by atoms with van der Waals surface area (Å²) in [5.41, 5.74) is 3.89. The van der Waals surface area contributed by atoms with Gasteiger partial charge in [0.2, 0.25) is 0 Å². The minimum Gasteiger partial charge on any atom is -0.490 e. The summed E-state index contributed by atoms with van der Waals surface area (Å²) in [6.45, 7) is 2.59. The molecule has 2 aliphatic heterocycles. The highest BCUT2D eigenvalue weighted by atomic mass is 35.5. The van der Waals surface area contributed by atoms with Crippen LogP contribution in [0, 0.1) is 6.92 Å². The highest BCUT2D eigenvalue weighted by Gasteiger charge is 2.42. The van der Waals surface area contributed by atoms with E-state index in [0.29, 0.717) is 35.1 Å². The largest absolute Gasteiger partial charge is 0.490 e. The summed E-state index contributed by atoms with van der Waals surface area (Å²) in [4.78, 5) is 14.8. The Morgan fingerprint density at radius 2 is 1.72 bits per heavy atom. The van der Waals surface area contributed by atoms with Gasteiger partial charge in [0.25, 0.3) is 0 Å². The second-order valence-corrected chi connectivity index (χ2v) is 9.09. The lowest BCUT2D eigenvalue weighted by Crippen LogP contribution is -2.40. The van der Waals surface area contributed by atoms with Gasteiger partial charge in [-0.1, -0.05) is 35.3 Å². The first-order valence-electron chi connectivity index (χ1n) is 10.7. The van der Waals surface area contributed by atoms with E-state index >= 15 is 0 Å². The Bertz CT molecular complexity index is 1010. The molecule has 32 heavy (non-hydrogen) atoms. The molecule has 0 aromatic heterocycles. The number of aryl methyl sites for hydroxylation is 1. The molecule has 0 saturated carbocycles. The molecule has 0 N–H and O–H groups in total. The zero-order chi connectivity index (χ0) is 22.8. The number of benzene rings is 2. The maximum Gasteiger partial charge on any atom is 0.335 e. The predicted octanol–water partition coefficient (Wildman–Crippen LogP) is 5.55. The van der Waals surface area contributed by atoms with Crippen LogP contribution in [-0.4, -0.2) is 50.3 Å². The number of hydrogen-bond donors (Lipinski definition) is 0. The van der Waals surface area contributed by atoms with Gasteiger partial charge in [-0.15, -0.1) is 0 Å². The molecular formula is C25H27Cl2NO4. The predicted molar refractivity (Wildman–Crippen MR) is 127 cm³/mol. The van der Waals surface area contributed by atoms with Gasteiger partial charge in [-0.05, 0) is 74.2 Å². The monoisotopic (exact) mass is 475 g/mol. The fourth-order valence-electron chi connectivity index (χ4n) is 4.68. The molecule has 2 heterocycles. The number of ether oxygens (including phenoxy) is 3. The molecule has 5 nitrogen and oxygen atoms in total. The molecule has 7 heteroatoms. The summed E-state index contributed by atoms with van der Waals surface area (Å²) in [7, 11) is 3.54. The van der Waals surface area contributed by atoms with Gasteiger partial charge in [-0.25, -0.2) is 4.79 Å². The zero-order valence-corrected chi connectivity index (χ0v) is 20.0. The average molecular weight is 476 g/mol. The third-order valence-corrected chi connectivity index (χ3v) is 6.85. The van der Waals surface area contributed by atoms with E-state index in [2.05, 4.69) is 11.9 Å². The van der Waals surface area contributed by atoms with Crippen LogP contribution < -0.4 is 9.47 Å². The third kappa shape index (κ3) is 4.61. The van der Waals surface area contributed by atoms with Crippen molar-refractivity contribution in [3.63, 3.8) is 0 Å². The molecule has 1 unspecified atom stereocenters. The fraction of sp³-hybridized carbons (Fsp3) is 0.400. The number of nitrogens with zero attached hydrogens (tertiary/aromatic N) is 1. The molecule has 0 spiro atoms. The third-order valence-electron chi connectivity index (χ3n) is 6.29. The molecule has 4 rings (SSSR count). The van der Waals surface area contributed by atoms with E-state index in [0.717, 1.165) is 47.3 Å². The minimum absolute atomic E-state index is 0.129. The SMILES string of the molecule is COC(=O)C1=C(c2ccc(OCCOc3c(Cl)cc(C)cc3Cl)cc2)C[C@@H]2CCC1N2C. The van der Waals surface area contributed by atoms with Crippen molar-refractivity contribution in [3.05, 3.63) is 63.1 Å². The topological polar surface area (TPSA) is 48.0 Å². The van der Waals surface area contributed by atoms with Crippen molar-refractivity contribution in [1.29, 1.82) is 0 Å². The van der Waals surface area contributed by atoms with Crippen molar-refractivity contribution < 1.29 is 19.0 Å². The molecule has 170 valence electrons. The molecule has 2 aromatic rings. The Kier molecular flexibility index (Phi) is 6.99. The molecule has 0 amide bonds. The average Bonchev–Trinajstić information content (AvgIpc) is 3.00. The molecule has 1 saturated heterocycles. The van der Waals surface area contributed by atoms with Gasteiger partial charge in [0, 0.05) is 12.1 Å². The Morgan fingerprint density at radius 3 is 2.38 bits per heavy atom. The van der Waals surface area contributed by atoms with Gasteiger partial charge in [-0.3, -0.25) is 4.90 Å². The van der Waals surface area contributed by atoms with Gasteiger partial charge in [-0.2, -0.15) is 0 Å². The van der Waals surface area contributed by atoms with Crippen molar-refractivity contribution in [1.82, 2.24) is 4.90 Å². The number of likely N-dealkylation sites (N-methyl/N-ethyl adjacent to an activating group) is 1. The molecule has 2 aliphatic rings. The highest BCUT2D eigenvalue weighted by molar-refractivity contribution is 6.37. The van der Waals surface area contributed by atoms with Crippen LogP contribution in [0.3, 0.4) is 0 Å². The van der Waals surface area contributed by atoms with Gasteiger partial charge < -0.3 is 14.2 Å². The van der Waals surface area contributed by atoms with Gasteiger partial charge >= 0.3 is 5.97 Å². The lowest BCUT2D eigenvalue weighted by Gasteiger charge is -2.34. The first-order chi connectivity index (χ1) is 15.4. The second kappa shape index (κ2) is 9.74. The Hall–Kier alpha value is -2.21. The Balaban J connectivity index is 1.41. The maximum absolute atomic E-state index is 12.5. The summed E-state index contributed by atoms with van der Waals surface area (Å²) in [5.74, 6) is 0.967. The van der Waals surface area contributed by atoms with E-state index in [1.54, 1.807) is 0 Å². The smallest absolute Gasteiger partial charge is 0.335 e. The van der Waals surface area contributed by atoms with Crippen LogP contribution in [0.15, 0.2) is 42.0 Å². The van der Waals surface area contributed by atoms with E-state index in [1.165, 1.54) is 7.11 Å². The minimum atomic E-state index is -0.233. The normalized spacial score (nSPS) is 20.4. The van der Waals surface area contributed by atoms with Gasteiger partial charge in [0.05, 0.1) is 22.7 Å². The number of esters is 1. The molecule has 0 radical (unpaired) electrons. The number of rotatable bonds is 7. The van der Waals surface area contributed by atoms with E-state index in [4.69, 9.17) is 37.4 Å². The van der Waals surface area contributed by atoms with E-state index in [9.17, 15) is 4.79 Å². The summed E-state index contributed by atoms with van der Waals surface area (Å²) in [5, 5.41) is 0.974. The highest BCUT2D eigenvalue weighted by Crippen LogP contribution is 2.42. The van der Waals surface area contributed by atoms with Crippen molar-refractivity contribution in [2.45, 2.75) is 38.3 Å². The lowest BCUT2D eigenvalue weighted by molar-refractivity contribution is -0.136. The van der Waals surface area contributed by atoms with Crippen LogP contribution in [0.25, 0.3) is 5.57 Å². The molecule has 2 bridgehead atoms. The number of methoxy groups -OCH3 is 1. The van der Waals surface area contributed by atoms with E-state index in [1.807, 2.05) is 43.3 Å². The van der Waals surface area contributed by atoms with Crippen LogP contribution in [0.1, 0.15) is 30.4 Å². The van der Waals surface area contributed by atoms with Crippen molar-refractivity contribution in [2.75, 3.05) is 27.4 Å². The summed E-state index contributed by atoms with van der Waals surface area (Å²) in [6, 6.07) is 12.1. The molecule has 2 atom stereocenters. The van der Waals surface area contributed by atoms with Crippen LogP contribution in [-0.2, 0) is 9.53 Å². The van der Waals surface area contributed by atoms with Gasteiger partial charge in [0.1, 0.15) is 19.0 Å². The number of carbonyl (C=O) groups excluding carboxylic acids is 1. The first-order valence-corrected chi connectivity index (χ1v) is 11.5. The number of carbonyl (C=O) groups is 1. The van der Waals surface area contributed by atoms with Crippen LogP contribution >= 0.6 is 23.2 Å². The second-order valence-electron chi connectivity index (χ2n) is 8.28. The van der Waals surface area contributed by atoms with E-state index in [-0.39, 0.29) is 12.0 Å². The first kappa shape index (κ1) is 23.0. The van der Waals surface area contributed by atoms with Crippen molar-refractivity contribution in [3.8, 4) is 11.5 Å². The number of fused-ring (bicyclic) bond motifs is 2. The number of halogens is 2. The lowest BCUT2D eigenvalue weighted by atomic mass is 9.88. The molecule has 1 fully saturated rings. The van der Waals surface area contributed by atoms with E-state index < -0.39 is 0 Å². The fourth-order valence-corrected chi connectivity index (χ4v) is 5.38. The Morgan fingerprint density at radius 1 is 1.06 bits per heavy atom. The Labute approximate surface area is 198 Å². The summed E-state index contributed by atoms with van der Waals surface area (Å²) in [6.07, 6.45) is 2.94. The standard InChI is InChI=1S/C25H27Cl2NO4/c1-15-12-20(26)24(21(27)13-15)32-11-10-31-18-7-4-16(5-8-18)19-14-17-6-9-22(28(17)2)23(19)25(29)30-3/h4-5,7-8,12-13,17,22H,6,9-11,14H2,1-3H3/t17-,22?/m0/s1. The van der Waals surface area contributed by atoms with Crippen LogP contribution in [0.4, 0.5) is 0 Å².